The number of esters is 2. The van der Waals surface area contributed by atoms with Gasteiger partial charge in [0.25, 0.3) is 0 Å². The average molecular weight is 987 g/mol. The van der Waals surface area contributed by atoms with E-state index in [0.717, 1.165) is 32.0 Å². The number of thioether (sulfide) groups is 2. The van der Waals surface area contributed by atoms with Gasteiger partial charge in [0.05, 0.1) is 71.8 Å². The summed E-state index contributed by atoms with van der Waals surface area (Å²) in [5.41, 5.74) is 3.29. The Hall–Kier alpha value is -5.32. The summed E-state index contributed by atoms with van der Waals surface area (Å²) in [6, 6.07) is 59.7. The molecule has 0 radical (unpaired) electrons. The number of benzene rings is 6. The Labute approximate surface area is 420 Å². The number of ether oxygens (including phenoxy) is 8. The summed E-state index contributed by atoms with van der Waals surface area (Å²) in [6.45, 7) is 3.59. The first kappa shape index (κ1) is 52.5. The lowest BCUT2D eigenvalue weighted by Crippen LogP contribution is -2.58. The van der Waals surface area contributed by atoms with Crippen LogP contribution in [0.15, 0.2) is 192 Å². The van der Waals surface area contributed by atoms with Crippen LogP contribution in [-0.2, 0) is 73.9 Å². The maximum atomic E-state index is 12.2. The van der Waals surface area contributed by atoms with E-state index in [1.54, 1.807) is 11.8 Å². The third-order valence-electron chi connectivity index (χ3n) is 11.9. The summed E-state index contributed by atoms with van der Waals surface area (Å²) >= 11 is 3.08. The van der Waals surface area contributed by atoms with Gasteiger partial charge in [0, 0.05) is 15.7 Å². The summed E-state index contributed by atoms with van der Waals surface area (Å²) in [4.78, 5) is 26.3. The van der Waals surface area contributed by atoms with E-state index in [1.807, 2.05) is 170 Å². The molecule has 2 fully saturated rings. The molecular formula is C57H62O11S2. The summed E-state index contributed by atoms with van der Waals surface area (Å²) in [5.74, 6) is -0.829. The maximum Gasteiger partial charge on any atom is 0.308 e. The molecule has 13 heteroatoms. The van der Waals surface area contributed by atoms with Gasteiger partial charge in [0.15, 0.2) is 0 Å². The molecule has 6 aromatic carbocycles. The zero-order valence-electron chi connectivity index (χ0n) is 39.7. The molecule has 0 bridgehead atoms. The third-order valence-corrected chi connectivity index (χ3v) is 14.3. The number of aliphatic hydroxyl groups is 1. The lowest BCUT2D eigenvalue weighted by atomic mass is 9.89. The van der Waals surface area contributed by atoms with Crippen molar-refractivity contribution in [2.75, 3.05) is 14.2 Å². The second kappa shape index (κ2) is 27.9. The lowest BCUT2D eigenvalue weighted by molar-refractivity contribution is -0.233. The molecule has 0 aliphatic carbocycles. The smallest absolute Gasteiger partial charge is 0.308 e. The first-order valence-corrected chi connectivity index (χ1v) is 25.2. The summed E-state index contributed by atoms with van der Waals surface area (Å²) in [7, 11) is 2.73. The number of hydrogen-bond donors (Lipinski definition) is 1. The van der Waals surface area contributed by atoms with Gasteiger partial charge in [-0.2, -0.15) is 0 Å². The zero-order valence-corrected chi connectivity index (χ0v) is 41.3. The van der Waals surface area contributed by atoms with Crippen molar-refractivity contribution in [3.63, 3.8) is 0 Å². The van der Waals surface area contributed by atoms with E-state index in [1.165, 1.54) is 26.0 Å². The summed E-state index contributed by atoms with van der Waals surface area (Å²) in [5, 5.41) is 11.3. The Morgan fingerprint density at radius 1 is 0.443 bits per heavy atom. The van der Waals surface area contributed by atoms with Crippen LogP contribution in [0.25, 0.3) is 0 Å². The quantitative estimate of drug-likeness (QED) is 0.0730. The fourth-order valence-electron chi connectivity index (χ4n) is 8.14. The number of rotatable bonds is 20. The van der Waals surface area contributed by atoms with Crippen LogP contribution in [0.3, 0.4) is 0 Å². The van der Waals surface area contributed by atoms with Gasteiger partial charge in [-0.3, -0.25) is 9.59 Å². The van der Waals surface area contributed by atoms with Gasteiger partial charge in [0.2, 0.25) is 0 Å². The molecule has 368 valence electrons. The van der Waals surface area contributed by atoms with Crippen molar-refractivity contribution in [2.45, 2.75) is 110 Å². The van der Waals surface area contributed by atoms with E-state index in [2.05, 4.69) is 19.1 Å². The predicted molar refractivity (Wildman–Crippen MR) is 270 cm³/mol. The first-order chi connectivity index (χ1) is 34.3. The Balaban J connectivity index is 0.000000206. The molecule has 8 rings (SSSR count). The van der Waals surface area contributed by atoms with Crippen molar-refractivity contribution in [3.05, 3.63) is 204 Å². The molecule has 11 nitrogen and oxygen atoms in total. The molecule has 1 N–H and O–H groups in total. The van der Waals surface area contributed by atoms with Gasteiger partial charge >= 0.3 is 11.9 Å². The standard InChI is InChI=1S/C29H32O5S.C28H30O6S/c1-21-25(18-26(30)31-2)34-29(35-24-16-10-5-11-17-24)28(33-20-23-14-8-4-9-15-23)27(21)32-19-22-12-6-3-7-13-22;1-31-24(29)17-23-25(30)26(32-18-20-11-5-2-6-12-20)27(33-19-21-13-7-3-8-14-21)28(34-23)35-22-15-9-4-10-16-22/h3-17,21,25,27-29H,18-20H2,1-2H3;2-16,23,25-28,30H,17-19H2,1H3/t21-,25?,27-,28?,29+;23?,25-,26-,27?,28+/m11/s1. The number of methoxy groups -OCH3 is 2. The summed E-state index contributed by atoms with van der Waals surface area (Å²) < 4.78 is 48.3. The first-order valence-electron chi connectivity index (χ1n) is 23.5. The molecule has 0 saturated carbocycles. The molecule has 0 aromatic heterocycles. The number of hydrogen-bond acceptors (Lipinski definition) is 13. The van der Waals surface area contributed by atoms with Crippen LogP contribution in [0.1, 0.15) is 42.0 Å². The summed E-state index contributed by atoms with van der Waals surface area (Å²) in [6.07, 6.45) is -4.05. The number of carbonyl (C=O) groups is 2. The maximum absolute atomic E-state index is 12.2. The SMILES string of the molecule is COC(=O)CC1O[C@@H](Sc2ccccc2)C(OCc2ccccc2)[C@H](OCc2ccccc2)[C@@H]1C.COC(=O)CC1O[C@@H](Sc2ccccc2)C(OCc2ccccc2)[C@H](OCc2ccccc2)[C@@H]1O. The minimum Gasteiger partial charge on any atom is -0.469 e. The van der Waals surface area contributed by atoms with Crippen LogP contribution in [0.5, 0.6) is 0 Å². The van der Waals surface area contributed by atoms with Gasteiger partial charge < -0.3 is 43.0 Å². The molecule has 70 heavy (non-hydrogen) atoms. The Kier molecular flexibility index (Phi) is 20.9. The number of carbonyl (C=O) groups excluding carboxylic acids is 2. The van der Waals surface area contributed by atoms with E-state index in [4.69, 9.17) is 37.9 Å². The Morgan fingerprint density at radius 2 is 0.743 bits per heavy atom. The third kappa shape index (κ3) is 15.8. The van der Waals surface area contributed by atoms with Crippen molar-refractivity contribution in [2.24, 2.45) is 5.92 Å². The molecule has 6 aromatic rings. The van der Waals surface area contributed by atoms with Gasteiger partial charge in [-0.25, -0.2) is 0 Å². The largest absolute Gasteiger partial charge is 0.469 e. The monoisotopic (exact) mass is 986 g/mol. The van der Waals surface area contributed by atoms with Crippen LogP contribution in [0, 0.1) is 5.92 Å². The minimum atomic E-state index is -1.08. The fourth-order valence-corrected chi connectivity index (χ4v) is 10.4. The van der Waals surface area contributed by atoms with E-state index in [9.17, 15) is 14.7 Å². The average Bonchev–Trinajstić information content (AvgIpc) is 3.40. The normalized spacial score (nSPS) is 24.1. The highest BCUT2D eigenvalue weighted by molar-refractivity contribution is 8.00. The second-order valence-electron chi connectivity index (χ2n) is 16.9. The van der Waals surface area contributed by atoms with E-state index >= 15 is 0 Å². The van der Waals surface area contributed by atoms with Crippen LogP contribution >= 0.6 is 23.5 Å². The van der Waals surface area contributed by atoms with Gasteiger partial charge in [-0.05, 0) is 46.5 Å². The highest BCUT2D eigenvalue weighted by Gasteiger charge is 2.49. The second-order valence-corrected chi connectivity index (χ2v) is 19.2. The molecule has 2 saturated heterocycles. The molecular weight excluding hydrogens is 925 g/mol. The van der Waals surface area contributed by atoms with Gasteiger partial charge in [-0.15, -0.1) is 0 Å². The van der Waals surface area contributed by atoms with Gasteiger partial charge in [0.1, 0.15) is 35.3 Å². The van der Waals surface area contributed by atoms with Crippen LogP contribution in [0.4, 0.5) is 0 Å². The van der Waals surface area contributed by atoms with Crippen molar-refractivity contribution in [1.29, 1.82) is 0 Å². The molecule has 0 spiro atoms. The number of aliphatic hydroxyl groups excluding tert-OH is 1. The lowest BCUT2D eigenvalue weighted by Gasteiger charge is -2.45. The van der Waals surface area contributed by atoms with E-state index in [0.29, 0.717) is 26.4 Å². The van der Waals surface area contributed by atoms with Crippen LogP contribution < -0.4 is 0 Å². The van der Waals surface area contributed by atoms with Crippen LogP contribution in [0.2, 0.25) is 0 Å². The minimum absolute atomic E-state index is 0.0776. The van der Waals surface area contributed by atoms with Gasteiger partial charge in [-0.1, -0.05) is 188 Å². The Morgan fingerprint density at radius 3 is 1.11 bits per heavy atom. The molecule has 2 heterocycles. The van der Waals surface area contributed by atoms with Crippen molar-refractivity contribution in [1.82, 2.24) is 0 Å². The molecule has 4 unspecified atom stereocenters. The van der Waals surface area contributed by atoms with Crippen LogP contribution in [-0.4, -0.2) is 84.9 Å². The van der Waals surface area contributed by atoms with Crippen molar-refractivity contribution in [3.8, 4) is 0 Å². The molecule has 10 atom stereocenters. The molecule has 2 aliphatic heterocycles. The topological polar surface area (TPSA) is 128 Å². The van der Waals surface area contributed by atoms with E-state index in [-0.39, 0.29) is 48.5 Å². The highest BCUT2D eigenvalue weighted by atomic mass is 32.2. The molecule has 2 aliphatic rings. The zero-order chi connectivity index (χ0) is 48.9. The van der Waals surface area contributed by atoms with Crippen molar-refractivity contribution < 1.29 is 52.6 Å². The van der Waals surface area contributed by atoms with E-state index < -0.39 is 35.8 Å². The predicted octanol–water partition coefficient (Wildman–Crippen LogP) is 10.5. The highest BCUT2D eigenvalue weighted by Crippen LogP contribution is 2.41. The Bertz CT molecular complexity index is 2230. The fraction of sp³-hybridized carbons (Fsp3) is 0.333. The van der Waals surface area contributed by atoms with Crippen molar-refractivity contribution >= 4 is 35.5 Å². The molecule has 0 amide bonds.